The Morgan fingerprint density at radius 3 is 2.70 bits per heavy atom. The molecule has 6 heteroatoms. The summed E-state index contributed by atoms with van der Waals surface area (Å²) >= 11 is 0. The summed E-state index contributed by atoms with van der Waals surface area (Å²) in [7, 11) is 0. The molecule has 0 amide bonds. The lowest BCUT2D eigenvalue weighted by Gasteiger charge is -2.21. The highest BCUT2D eigenvalue weighted by molar-refractivity contribution is 5.37. The standard InChI is InChI=1S/C14H21N5O/c1-5-14(4,20)9-16-12-7-15-8-13(17-12)19-11(3)6-10(2)18-19/h6-8,20H,5,9H2,1-4H3,(H,16,17). The molecule has 1 unspecified atom stereocenters. The normalized spacial score (nSPS) is 14.1. The van der Waals surface area contributed by atoms with Crippen LogP contribution >= 0.6 is 0 Å². The number of nitrogens with zero attached hydrogens (tertiary/aromatic N) is 4. The molecule has 2 heterocycles. The molecule has 0 aromatic carbocycles. The number of hydrogen-bond donors (Lipinski definition) is 2. The molecule has 0 saturated carbocycles. The molecule has 2 rings (SSSR count). The zero-order valence-electron chi connectivity index (χ0n) is 12.4. The van der Waals surface area contributed by atoms with Gasteiger partial charge in [-0.15, -0.1) is 0 Å². The fraction of sp³-hybridized carbons (Fsp3) is 0.500. The smallest absolute Gasteiger partial charge is 0.174 e. The Hall–Kier alpha value is -1.95. The molecule has 0 spiro atoms. The molecule has 0 aliphatic carbocycles. The molecule has 0 aliphatic rings. The monoisotopic (exact) mass is 275 g/mol. The number of aromatic nitrogens is 4. The predicted octanol–water partition coefficient (Wildman–Crippen LogP) is 1.85. The van der Waals surface area contributed by atoms with E-state index < -0.39 is 5.60 Å². The van der Waals surface area contributed by atoms with Crippen molar-refractivity contribution in [2.75, 3.05) is 11.9 Å². The van der Waals surface area contributed by atoms with Gasteiger partial charge in [0.05, 0.1) is 23.7 Å². The van der Waals surface area contributed by atoms with E-state index in [0.717, 1.165) is 11.4 Å². The van der Waals surface area contributed by atoms with Gasteiger partial charge in [-0.05, 0) is 33.3 Å². The van der Waals surface area contributed by atoms with Crippen LogP contribution in [0.1, 0.15) is 31.7 Å². The topological polar surface area (TPSA) is 75.9 Å². The highest BCUT2D eigenvalue weighted by atomic mass is 16.3. The van der Waals surface area contributed by atoms with Crippen molar-refractivity contribution in [3.8, 4) is 5.82 Å². The summed E-state index contributed by atoms with van der Waals surface area (Å²) in [6.07, 6.45) is 3.98. The zero-order valence-corrected chi connectivity index (χ0v) is 12.4. The molecule has 2 N–H and O–H groups in total. The maximum Gasteiger partial charge on any atom is 0.174 e. The number of hydrogen-bond acceptors (Lipinski definition) is 5. The first-order chi connectivity index (χ1) is 9.41. The Morgan fingerprint density at radius 2 is 2.10 bits per heavy atom. The molecule has 0 fully saturated rings. The number of nitrogens with one attached hydrogen (secondary N) is 1. The molecule has 0 bridgehead atoms. The van der Waals surface area contributed by atoms with E-state index in [-0.39, 0.29) is 0 Å². The fourth-order valence-corrected chi connectivity index (χ4v) is 1.81. The lowest BCUT2D eigenvalue weighted by atomic mass is 10.0. The van der Waals surface area contributed by atoms with Crippen LogP contribution in [0.4, 0.5) is 5.82 Å². The van der Waals surface area contributed by atoms with Crippen molar-refractivity contribution in [2.24, 2.45) is 0 Å². The van der Waals surface area contributed by atoms with Gasteiger partial charge in [0.1, 0.15) is 5.82 Å². The molecule has 2 aromatic rings. The SMILES string of the molecule is CCC(C)(O)CNc1cncc(-n2nc(C)cc2C)n1. The molecule has 20 heavy (non-hydrogen) atoms. The van der Waals surface area contributed by atoms with Gasteiger partial charge in [-0.3, -0.25) is 4.98 Å². The molecule has 0 saturated heterocycles. The second kappa shape index (κ2) is 5.58. The Kier molecular flexibility index (Phi) is 4.04. The van der Waals surface area contributed by atoms with Gasteiger partial charge in [0.25, 0.3) is 0 Å². The van der Waals surface area contributed by atoms with Crippen LogP contribution in [0.15, 0.2) is 18.5 Å². The van der Waals surface area contributed by atoms with E-state index in [2.05, 4.69) is 20.4 Å². The molecular formula is C14H21N5O. The van der Waals surface area contributed by atoms with Crippen molar-refractivity contribution >= 4 is 5.82 Å². The number of rotatable bonds is 5. The largest absolute Gasteiger partial charge is 0.388 e. The minimum atomic E-state index is -0.754. The van der Waals surface area contributed by atoms with Crippen LogP contribution in [0, 0.1) is 13.8 Å². The van der Waals surface area contributed by atoms with Gasteiger partial charge < -0.3 is 10.4 Å². The lowest BCUT2D eigenvalue weighted by Crippen LogP contribution is -2.32. The minimum absolute atomic E-state index is 0.429. The van der Waals surface area contributed by atoms with Gasteiger partial charge in [-0.1, -0.05) is 6.92 Å². The van der Waals surface area contributed by atoms with Crippen molar-refractivity contribution in [2.45, 2.75) is 39.7 Å². The van der Waals surface area contributed by atoms with Gasteiger partial charge in [0.2, 0.25) is 0 Å². The van der Waals surface area contributed by atoms with Gasteiger partial charge >= 0.3 is 0 Å². The van der Waals surface area contributed by atoms with E-state index in [4.69, 9.17) is 0 Å². The molecule has 108 valence electrons. The average Bonchev–Trinajstić information content (AvgIpc) is 2.76. The highest BCUT2D eigenvalue weighted by Gasteiger charge is 2.17. The summed E-state index contributed by atoms with van der Waals surface area (Å²) in [5.74, 6) is 1.29. The third-order valence-corrected chi connectivity index (χ3v) is 3.26. The molecule has 0 aliphatic heterocycles. The van der Waals surface area contributed by atoms with E-state index in [1.54, 1.807) is 24.0 Å². The van der Waals surface area contributed by atoms with Gasteiger partial charge in [0, 0.05) is 12.2 Å². The van der Waals surface area contributed by atoms with Crippen LogP contribution in [0.3, 0.4) is 0 Å². The van der Waals surface area contributed by atoms with Crippen molar-refractivity contribution in [1.82, 2.24) is 19.7 Å². The summed E-state index contributed by atoms with van der Waals surface area (Å²) in [5.41, 5.74) is 1.20. The van der Waals surface area contributed by atoms with Crippen LogP contribution in [0.5, 0.6) is 0 Å². The first-order valence-corrected chi connectivity index (χ1v) is 6.73. The summed E-state index contributed by atoms with van der Waals surface area (Å²) in [4.78, 5) is 8.64. The van der Waals surface area contributed by atoms with Crippen molar-refractivity contribution in [3.63, 3.8) is 0 Å². The Morgan fingerprint density at radius 1 is 1.35 bits per heavy atom. The minimum Gasteiger partial charge on any atom is -0.388 e. The zero-order chi connectivity index (χ0) is 14.8. The highest BCUT2D eigenvalue weighted by Crippen LogP contribution is 2.13. The predicted molar refractivity (Wildman–Crippen MR) is 78.0 cm³/mol. The quantitative estimate of drug-likeness (QED) is 0.871. The Bertz CT molecular complexity index is 591. The number of anilines is 1. The van der Waals surface area contributed by atoms with Crippen LogP contribution in [-0.4, -0.2) is 37.0 Å². The van der Waals surface area contributed by atoms with E-state index in [1.165, 1.54) is 0 Å². The fourth-order valence-electron chi connectivity index (χ4n) is 1.81. The van der Waals surface area contributed by atoms with Gasteiger partial charge in [-0.25, -0.2) is 9.67 Å². The van der Waals surface area contributed by atoms with Crippen molar-refractivity contribution in [3.05, 3.63) is 29.8 Å². The number of aryl methyl sites for hydroxylation is 2. The first-order valence-electron chi connectivity index (χ1n) is 6.73. The summed E-state index contributed by atoms with van der Waals surface area (Å²) in [6, 6.07) is 1.99. The van der Waals surface area contributed by atoms with Gasteiger partial charge in [0.15, 0.2) is 5.82 Å². The van der Waals surface area contributed by atoms with Crippen LogP contribution in [0.2, 0.25) is 0 Å². The second-order valence-corrected chi connectivity index (χ2v) is 5.31. The van der Waals surface area contributed by atoms with Crippen molar-refractivity contribution in [1.29, 1.82) is 0 Å². The Balaban J connectivity index is 2.18. The van der Waals surface area contributed by atoms with Crippen molar-refractivity contribution < 1.29 is 5.11 Å². The maximum absolute atomic E-state index is 9.99. The lowest BCUT2D eigenvalue weighted by molar-refractivity contribution is 0.0696. The molecule has 2 aromatic heterocycles. The molecule has 0 radical (unpaired) electrons. The van der Waals surface area contributed by atoms with Crippen LogP contribution in [-0.2, 0) is 0 Å². The molecular weight excluding hydrogens is 254 g/mol. The van der Waals surface area contributed by atoms with Crippen LogP contribution in [0.25, 0.3) is 5.82 Å². The summed E-state index contributed by atoms with van der Waals surface area (Å²) in [6.45, 7) is 8.08. The van der Waals surface area contributed by atoms with E-state index in [9.17, 15) is 5.11 Å². The summed E-state index contributed by atoms with van der Waals surface area (Å²) in [5, 5.41) is 17.5. The average molecular weight is 275 g/mol. The van der Waals surface area contributed by atoms with E-state index >= 15 is 0 Å². The first kappa shape index (κ1) is 14.5. The molecule has 1 atom stereocenters. The number of aliphatic hydroxyl groups is 1. The second-order valence-electron chi connectivity index (χ2n) is 5.31. The third kappa shape index (κ3) is 3.33. The third-order valence-electron chi connectivity index (χ3n) is 3.26. The maximum atomic E-state index is 9.99. The van der Waals surface area contributed by atoms with Crippen LogP contribution < -0.4 is 5.32 Å². The summed E-state index contributed by atoms with van der Waals surface area (Å²) < 4.78 is 1.76. The van der Waals surface area contributed by atoms with E-state index in [1.807, 2.05) is 26.8 Å². The molecule has 6 nitrogen and oxygen atoms in total. The Labute approximate surface area is 118 Å². The van der Waals surface area contributed by atoms with E-state index in [0.29, 0.717) is 24.6 Å². The van der Waals surface area contributed by atoms with Gasteiger partial charge in [-0.2, -0.15) is 5.10 Å².